The third-order valence-corrected chi connectivity index (χ3v) is 5.52. The topological polar surface area (TPSA) is 63.1 Å². The summed E-state index contributed by atoms with van der Waals surface area (Å²) in [5.41, 5.74) is 4.09. The Labute approximate surface area is 165 Å². The van der Waals surface area contributed by atoms with Gasteiger partial charge in [-0.05, 0) is 44.4 Å². The van der Waals surface area contributed by atoms with Crippen molar-refractivity contribution in [2.24, 2.45) is 0 Å². The van der Waals surface area contributed by atoms with Gasteiger partial charge in [-0.2, -0.15) is 0 Å². The van der Waals surface area contributed by atoms with E-state index in [1.54, 1.807) is 6.20 Å². The van der Waals surface area contributed by atoms with Gasteiger partial charge in [-0.15, -0.1) is 0 Å². The molecule has 1 atom stereocenters. The molecule has 0 saturated carbocycles. The molecule has 2 aromatic heterocycles. The second kappa shape index (κ2) is 7.62. The third-order valence-electron chi connectivity index (χ3n) is 5.52. The fourth-order valence-corrected chi connectivity index (χ4v) is 4.09. The molecule has 1 aliphatic heterocycles. The molecule has 6 heteroatoms. The number of imidazole rings is 1. The van der Waals surface area contributed by atoms with Gasteiger partial charge < -0.3 is 14.8 Å². The van der Waals surface area contributed by atoms with Gasteiger partial charge in [0.2, 0.25) is 0 Å². The van der Waals surface area contributed by atoms with Crippen molar-refractivity contribution in [3.63, 3.8) is 0 Å². The number of urea groups is 1. The van der Waals surface area contributed by atoms with Gasteiger partial charge in [0.25, 0.3) is 0 Å². The van der Waals surface area contributed by atoms with Gasteiger partial charge in [-0.3, -0.25) is 4.98 Å². The van der Waals surface area contributed by atoms with Crippen LogP contribution >= 0.6 is 0 Å². The summed E-state index contributed by atoms with van der Waals surface area (Å²) in [5, 5.41) is 3.09. The molecule has 28 heavy (non-hydrogen) atoms. The average Bonchev–Trinajstić information content (AvgIpc) is 3.33. The lowest BCUT2D eigenvalue weighted by Gasteiger charge is -2.20. The van der Waals surface area contributed by atoms with Crippen molar-refractivity contribution >= 4 is 22.8 Å². The number of fused-ring (bicyclic) bond motifs is 1. The number of para-hydroxylation sites is 1. The number of nitrogens with one attached hydrogen (secondary N) is 1. The zero-order valence-electron chi connectivity index (χ0n) is 16.7. The average molecular weight is 377 g/mol. The van der Waals surface area contributed by atoms with Crippen molar-refractivity contribution in [3.05, 3.63) is 54.1 Å². The number of hydrogen-bond donors (Lipinski definition) is 1. The normalized spacial score (nSPS) is 16.9. The monoisotopic (exact) mass is 377 g/mol. The molecule has 1 aromatic carbocycles. The van der Waals surface area contributed by atoms with Crippen LogP contribution in [0.25, 0.3) is 11.0 Å². The van der Waals surface area contributed by atoms with Crippen LogP contribution in [0.15, 0.2) is 42.7 Å². The van der Waals surface area contributed by atoms with Gasteiger partial charge in [-0.25, -0.2) is 9.78 Å². The molecular formula is C22H27N5O. The quantitative estimate of drug-likeness (QED) is 0.723. The number of pyridine rings is 1. The third kappa shape index (κ3) is 3.35. The highest BCUT2D eigenvalue weighted by molar-refractivity contribution is 5.90. The highest BCUT2D eigenvalue weighted by atomic mass is 16.2. The van der Waals surface area contributed by atoms with Crippen molar-refractivity contribution in [2.45, 2.75) is 45.6 Å². The maximum atomic E-state index is 12.8. The Morgan fingerprint density at radius 3 is 2.89 bits per heavy atom. The fourth-order valence-electron chi connectivity index (χ4n) is 4.09. The number of hydrogen-bond acceptors (Lipinski definition) is 3. The number of aryl methyl sites for hydroxylation is 1. The Balaban J connectivity index is 1.54. The van der Waals surface area contributed by atoms with Crippen LogP contribution in [0.2, 0.25) is 0 Å². The van der Waals surface area contributed by atoms with E-state index in [2.05, 4.69) is 41.7 Å². The van der Waals surface area contributed by atoms with E-state index >= 15 is 0 Å². The summed E-state index contributed by atoms with van der Waals surface area (Å²) < 4.78 is 2.26. The predicted molar refractivity (Wildman–Crippen MR) is 112 cm³/mol. The maximum Gasteiger partial charge on any atom is 0.321 e. The summed E-state index contributed by atoms with van der Waals surface area (Å²) in [6.07, 6.45) is 5.48. The molecule has 6 nitrogen and oxygen atoms in total. The van der Waals surface area contributed by atoms with Crippen LogP contribution in [0, 0.1) is 0 Å². The zero-order chi connectivity index (χ0) is 19.7. The number of nitrogens with zero attached hydrogens (tertiary/aromatic N) is 4. The number of aromatic nitrogens is 3. The van der Waals surface area contributed by atoms with Crippen LogP contribution in [0.1, 0.15) is 50.5 Å². The van der Waals surface area contributed by atoms with Crippen LogP contribution in [-0.4, -0.2) is 38.6 Å². The molecule has 1 fully saturated rings. The van der Waals surface area contributed by atoms with Crippen LogP contribution in [0.3, 0.4) is 0 Å². The number of rotatable bonds is 4. The first-order chi connectivity index (χ1) is 13.6. The van der Waals surface area contributed by atoms with Crippen molar-refractivity contribution in [1.29, 1.82) is 0 Å². The van der Waals surface area contributed by atoms with E-state index in [9.17, 15) is 4.79 Å². The van der Waals surface area contributed by atoms with E-state index in [-0.39, 0.29) is 11.9 Å². The van der Waals surface area contributed by atoms with E-state index in [1.165, 1.54) is 0 Å². The molecule has 3 heterocycles. The van der Waals surface area contributed by atoms with Crippen molar-refractivity contribution in [3.8, 4) is 0 Å². The summed E-state index contributed by atoms with van der Waals surface area (Å²) in [4.78, 5) is 23.9. The summed E-state index contributed by atoms with van der Waals surface area (Å²) in [7, 11) is 0. The van der Waals surface area contributed by atoms with Gasteiger partial charge in [0.05, 0.1) is 17.2 Å². The zero-order valence-corrected chi connectivity index (χ0v) is 16.7. The Hall–Kier alpha value is -2.89. The SMILES string of the molecule is CCc1ccccc1NC(=O)N1CCC(c2nc3ccncc3n2C(C)C)C1. The number of anilines is 1. The molecule has 3 aromatic rings. The molecule has 0 radical (unpaired) electrons. The number of amides is 2. The van der Waals surface area contributed by atoms with Gasteiger partial charge in [0.1, 0.15) is 5.82 Å². The Kier molecular flexibility index (Phi) is 5.03. The minimum atomic E-state index is -0.0303. The Morgan fingerprint density at radius 2 is 2.11 bits per heavy atom. The van der Waals surface area contributed by atoms with Crippen molar-refractivity contribution in [1.82, 2.24) is 19.4 Å². The molecule has 1 saturated heterocycles. The molecule has 0 spiro atoms. The maximum absolute atomic E-state index is 12.8. The molecular weight excluding hydrogens is 350 g/mol. The van der Waals surface area contributed by atoms with Gasteiger partial charge in [0, 0.05) is 36.9 Å². The van der Waals surface area contributed by atoms with Gasteiger partial charge >= 0.3 is 6.03 Å². The summed E-state index contributed by atoms with van der Waals surface area (Å²) in [6, 6.07) is 10.2. The van der Waals surface area contributed by atoms with E-state index in [0.29, 0.717) is 12.6 Å². The van der Waals surface area contributed by atoms with E-state index in [0.717, 1.165) is 47.5 Å². The summed E-state index contributed by atoms with van der Waals surface area (Å²) in [5.74, 6) is 1.30. The number of likely N-dealkylation sites (tertiary alicyclic amines) is 1. The highest BCUT2D eigenvalue weighted by Gasteiger charge is 2.31. The first-order valence-corrected chi connectivity index (χ1v) is 10.0. The Morgan fingerprint density at radius 1 is 1.29 bits per heavy atom. The molecule has 1 unspecified atom stereocenters. The smallest absolute Gasteiger partial charge is 0.321 e. The predicted octanol–water partition coefficient (Wildman–Crippen LogP) is 4.60. The summed E-state index contributed by atoms with van der Waals surface area (Å²) >= 11 is 0. The molecule has 4 rings (SSSR count). The van der Waals surface area contributed by atoms with Crippen LogP contribution in [-0.2, 0) is 6.42 Å². The Bertz CT molecular complexity index is 994. The summed E-state index contributed by atoms with van der Waals surface area (Å²) in [6.45, 7) is 7.85. The second-order valence-corrected chi connectivity index (χ2v) is 7.67. The lowest BCUT2D eigenvalue weighted by atomic mass is 10.1. The van der Waals surface area contributed by atoms with E-state index < -0.39 is 0 Å². The molecule has 146 valence electrons. The number of carbonyl (C=O) groups excluding carboxylic acids is 1. The van der Waals surface area contributed by atoms with Crippen LogP contribution in [0.4, 0.5) is 10.5 Å². The van der Waals surface area contributed by atoms with Crippen molar-refractivity contribution < 1.29 is 4.79 Å². The lowest BCUT2D eigenvalue weighted by Crippen LogP contribution is -2.33. The minimum absolute atomic E-state index is 0.0303. The number of benzene rings is 1. The van der Waals surface area contributed by atoms with Crippen molar-refractivity contribution in [2.75, 3.05) is 18.4 Å². The van der Waals surface area contributed by atoms with E-state index in [1.807, 2.05) is 35.4 Å². The lowest BCUT2D eigenvalue weighted by molar-refractivity contribution is 0.222. The first kappa shape index (κ1) is 18.5. The molecule has 1 aliphatic rings. The van der Waals surface area contributed by atoms with Gasteiger partial charge in [0.15, 0.2) is 0 Å². The largest absolute Gasteiger partial charge is 0.324 e. The molecule has 0 aliphatic carbocycles. The van der Waals surface area contributed by atoms with Gasteiger partial charge in [-0.1, -0.05) is 25.1 Å². The standard InChI is InChI=1S/C22H27N5O/c1-4-16-7-5-6-8-18(16)25-22(28)26-12-10-17(14-26)21-24-19-9-11-23-13-20(19)27(21)15(2)3/h5-9,11,13,15,17H,4,10,12,14H2,1-3H3,(H,25,28). The molecule has 2 amide bonds. The minimum Gasteiger partial charge on any atom is -0.324 e. The molecule has 0 bridgehead atoms. The number of carbonyl (C=O) groups is 1. The van der Waals surface area contributed by atoms with Crippen LogP contribution in [0.5, 0.6) is 0 Å². The molecule has 1 N–H and O–H groups in total. The second-order valence-electron chi connectivity index (χ2n) is 7.67. The van der Waals surface area contributed by atoms with E-state index in [4.69, 9.17) is 4.98 Å². The highest BCUT2D eigenvalue weighted by Crippen LogP contribution is 2.32. The van der Waals surface area contributed by atoms with Crippen LogP contribution < -0.4 is 5.32 Å². The first-order valence-electron chi connectivity index (χ1n) is 10.0. The fraction of sp³-hybridized carbons (Fsp3) is 0.409.